The molecule has 28 heavy (non-hydrogen) atoms. The number of aryl methyl sites for hydroxylation is 2. The van der Waals surface area contributed by atoms with Gasteiger partial charge >= 0.3 is 5.63 Å². The fourth-order valence-electron chi connectivity index (χ4n) is 3.65. The number of nitrogens with one attached hydrogen (secondary N) is 1. The third-order valence-corrected chi connectivity index (χ3v) is 5.05. The van der Waals surface area contributed by atoms with E-state index >= 15 is 0 Å². The molecule has 0 spiro atoms. The molecule has 0 saturated heterocycles. The predicted molar refractivity (Wildman–Crippen MR) is 108 cm³/mol. The molecule has 0 fully saturated rings. The van der Waals surface area contributed by atoms with E-state index < -0.39 is 5.63 Å². The second-order valence-electron chi connectivity index (χ2n) is 6.88. The largest absolute Gasteiger partial charge is 0.507 e. The molecule has 2 aromatic heterocycles. The lowest BCUT2D eigenvalue weighted by molar-refractivity contribution is 0.432. The van der Waals surface area contributed by atoms with Crippen molar-refractivity contribution in [2.75, 3.05) is 5.32 Å². The smallest absolute Gasteiger partial charge is 0.348 e. The highest BCUT2D eigenvalue weighted by molar-refractivity contribution is 6.05. The van der Waals surface area contributed by atoms with Crippen molar-refractivity contribution >= 4 is 17.1 Å². The van der Waals surface area contributed by atoms with Gasteiger partial charge in [-0.05, 0) is 32.9 Å². The molecule has 1 aliphatic heterocycles. The number of aromatic hydroxyl groups is 1. The maximum atomic E-state index is 12.5. The molecule has 3 heterocycles. The van der Waals surface area contributed by atoms with Crippen LogP contribution in [-0.2, 0) is 6.54 Å². The van der Waals surface area contributed by atoms with Crippen LogP contribution in [0, 0.1) is 13.8 Å². The van der Waals surface area contributed by atoms with E-state index in [0.29, 0.717) is 23.6 Å². The Morgan fingerprint density at radius 1 is 1.32 bits per heavy atom. The number of nitrogens with zero attached hydrogens (tertiary/aromatic N) is 3. The second-order valence-corrected chi connectivity index (χ2v) is 6.88. The summed E-state index contributed by atoms with van der Waals surface area (Å²) in [7, 11) is 0. The minimum Gasteiger partial charge on any atom is -0.507 e. The summed E-state index contributed by atoms with van der Waals surface area (Å²) in [5.74, 6) is 0.238. The van der Waals surface area contributed by atoms with Gasteiger partial charge in [-0.15, -0.1) is 0 Å². The van der Waals surface area contributed by atoms with E-state index in [1.54, 1.807) is 6.92 Å². The number of fused-ring (bicyclic) bond motifs is 1. The van der Waals surface area contributed by atoms with Crippen LogP contribution in [-0.4, -0.2) is 20.6 Å². The van der Waals surface area contributed by atoms with Gasteiger partial charge in [0.1, 0.15) is 17.1 Å². The summed E-state index contributed by atoms with van der Waals surface area (Å²) in [6.07, 6.45) is 2.26. The van der Waals surface area contributed by atoms with E-state index in [-0.39, 0.29) is 17.4 Å². The summed E-state index contributed by atoms with van der Waals surface area (Å²) in [6.45, 7) is 6.47. The molecule has 4 rings (SSSR count). The number of para-hydroxylation sites is 2. The SMILES string of the molecule is CCn1ncc([C@H]2CC(c3c(O)cc(C)oc3=O)=Nc3ccccc3N2)c1C. The van der Waals surface area contributed by atoms with Crippen LogP contribution in [0.5, 0.6) is 5.75 Å². The molecule has 1 atom stereocenters. The first-order valence-corrected chi connectivity index (χ1v) is 9.27. The number of aromatic nitrogens is 2. The van der Waals surface area contributed by atoms with Crippen molar-refractivity contribution in [2.24, 2.45) is 4.99 Å². The number of anilines is 1. The summed E-state index contributed by atoms with van der Waals surface area (Å²) in [5.41, 5.74) is 3.66. The van der Waals surface area contributed by atoms with Crippen LogP contribution in [0.4, 0.5) is 11.4 Å². The molecule has 0 bridgehead atoms. The van der Waals surface area contributed by atoms with Crippen molar-refractivity contribution in [3.05, 3.63) is 69.5 Å². The minimum atomic E-state index is -0.588. The molecule has 1 aliphatic rings. The Bertz CT molecular complexity index is 1130. The average Bonchev–Trinajstić information content (AvgIpc) is 2.91. The third-order valence-electron chi connectivity index (χ3n) is 5.05. The Labute approximate surface area is 162 Å². The van der Waals surface area contributed by atoms with Crippen molar-refractivity contribution < 1.29 is 9.52 Å². The predicted octanol–water partition coefficient (Wildman–Crippen LogP) is 3.86. The van der Waals surface area contributed by atoms with E-state index in [9.17, 15) is 9.90 Å². The second kappa shape index (κ2) is 6.99. The molecule has 144 valence electrons. The highest BCUT2D eigenvalue weighted by atomic mass is 16.4. The van der Waals surface area contributed by atoms with Crippen molar-refractivity contribution in [3.8, 4) is 5.75 Å². The molecule has 3 aromatic rings. The van der Waals surface area contributed by atoms with E-state index in [0.717, 1.165) is 23.5 Å². The number of hydrogen-bond donors (Lipinski definition) is 2. The zero-order valence-corrected chi connectivity index (χ0v) is 16.1. The molecule has 7 heteroatoms. The van der Waals surface area contributed by atoms with Gasteiger partial charge in [-0.2, -0.15) is 5.10 Å². The van der Waals surface area contributed by atoms with E-state index in [2.05, 4.69) is 10.4 Å². The van der Waals surface area contributed by atoms with Gasteiger partial charge in [-0.3, -0.25) is 9.67 Å². The van der Waals surface area contributed by atoms with Crippen molar-refractivity contribution in [1.82, 2.24) is 9.78 Å². The Hall–Kier alpha value is -3.35. The van der Waals surface area contributed by atoms with Gasteiger partial charge < -0.3 is 14.8 Å². The summed E-state index contributed by atoms with van der Waals surface area (Å²) in [5, 5.41) is 18.4. The summed E-state index contributed by atoms with van der Waals surface area (Å²) < 4.78 is 7.16. The van der Waals surface area contributed by atoms with Crippen LogP contribution >= 0.6 is 0 Å². The zero-order chi connectivity index (χ0) is 19.8. The Balaban J connectivity index is 1.87. The molecular weight excluding hydrogens is 356 g/mol. The van der Waals surface area contributed by atoms with E-state index in [4.69, 9.17) is 9.41 Å². The lowest BCUT2D eigenvalue weighted by Crippen LogP contribution is -2.20. The first-order chi connectivity index (χ1) is 13.5. The molecular formula is C21H22N4O3. The maximum absolute atomic E-state index is 12.5. The van der Waals surface area contributed by atoms with E-state index in [1.807, 2.05) is 49.0 Å². The maximum Gasteiger partial charge on any atom is 0.348 e. The van der Waals surface area contributed by atoms with Gasteiger partial charge in [0.2, 0.25) is 0 Å². The van der Waals surface area contributed by atoms with Gasteiger partial charge in [-0.25, -0.2) is 4.79 Å². The van der Waals surface area contributed by atoms with Crippen LogP contribution in [0.2, 0.25) is 0 Å². The Morgan fingerprint density at radius 2 is 2.11 bits per heavy atom. The van der Waals surface area contributed by atoms with Gasteiger partial charge in [-0.1, -0.05) is 12.1 Å². The van der Waals surface area contributed by atoms with Crippen LogP contribution in [0.1, 0.15) is 42.0 Å². The van der Waals surface area contributed by atoms with Crippen LogP contribution in [0.3, 0.4) is 0 Å². The van der Waals surface area contributed by atoms with Crippen molar-refractivity contribution in [2.45, 2.75) is 39.8 Å². The van der Waals surface area contributed by atoms with Crippen LogP contribution < -0.4 is 10.9 Å². The van der Waals surface area contributed by atoms with Crippen molar-refractivity contribution in [3.63, 3.8) is 0 Å². The highest BCUT2D eigenvalue weighted by Gasteiger charge is 2.27. The molecule has 7 nitrogen and oxygen atoms in total. The topological polar surface area (TPSA) is 92.6 Å². The molecule has 2 N–H and O–H groups in total. The molecule has 1 aromatic carbocycles. The quantitative estimate of drug-likeness (QED) is 0.722. The summed E-state index contributed by atoms with van der Waals surface area (Å²) >= 11 is 0. The lowest BCUT2D eigenvalue weighted by Gasteiger charge is -2.19. The zero-order valence-electron chi connectivity index (χ0n) is 16.1. The number of rotatable bonds is 3. The van der Waals surface area contributed by atoms with Gasteiger partial charge in [0, 0.05) is 30.3 Å². The lowest BCUT2D eigenvalue weighted by atomic mass is 9.98. The monoisotopic (exact) mass is 378 g/mol. The first kappa shape index (κ1) is 18.0. The fraction of sp³-hybridized carbons (Fsp3) is 0.286. The molecule has 0 amide bonds. The van der Waals surface area contributed by atoms with Gasteiger partial charge in [0.05, 0.1) is 29.3 Å². The molecule has 0 saturated carbocycles. The standard InChI is InChI=1S/C21H22N4O3/c1-4-25-13(3)14(11-22-25)17-10-18(20-19(26)9-12(2)28-21(20)27)24-16-8-6-5-7-15(16)23-17/h5-9,11,17,23,26H,4,10H2,1-3H3/t17-/m1/s1. The Morgan fingerprint density at radius 3 is 2.82 bits per heavy atom. The van der Waals surface area contributed by atoms with Gasteiger partial charge in [0.15, 0.2) is 0 Å². The number of benzene rings is 1. The summed E-state index contributed by atoms with van der Waals surface area (Å²) in [6, 6.07) is 8.94. The van der Waals surface area contributed by atoms with E-state index in [1.165, 1.54) is 6.07 Å². The number of aliphatic imine (C=N–C) groups is 1. The molecule has 0 unspecified atom stereocenters. The normalized spacial score (nSPS) is 16.1. The highest BCUT2D eigenvalue weighted by Crippen LogP contribution is 2.36. The third kappa shape index (κ3) is 3.09. The molecule has 0 radical (unpaired) electrons. The average molecular weight is 378 g/mol. The van der Waals surface area contributed by atoms with Crippen LogP contribution in [0.15, 0.2) is 50.7 Å². The fourth-order valence-corrected chi connectivity index (χ4v) is 3.65. The van der Waals surface area contributed by atoms with Gasteiger partial charge in [0.25, 0.3) is 0 Å². The van der Waals surface area contributed by atoms with Crippen molar-refractivity contribution in [1.29, 1.82) is 0 Å². The Kier molecular flexibility index (Phi) is 4.50. The molecule has 0 aliphatic carbocycles. The first-order valence-electron chi connectivity index (χ1n) is 9.27. The minimum absolute atomic E-state index is 0.106. The number of hydrogen-bond acceptors (Lipinski definition) is 6. The summed E-state index contributed by atoms with van der Waals surface area (Å²) in [4.78, 5) is 17.2. The van der Waals surface area contributed by atoms with Crippen LogP contribution in [0.25, 0.3) is 0 Å².